The smallest absolute Gasteiger partial charge is 0.124 e. The van der Waals surface area contributed by atoms with Crippen molar-refractivity contribution in [3.63, 3.8) is 0 Å². The monoisotopic (exact) mass is 956 g/mol. The molecule has 0 saturated carbocycles. The quantitative estimate of drug-likeness (QED) is 0.115. The van der Waals surface area contributed by atoms with E-state index in [9.17, 15) is 0 Å². The van der Waals surface area contributed by atoms with Gasteiger partial charge in [0, 0.05) is 66.0 Å². The molecule has 0 saturated heterocycles. The molecular weight excluding hydrogens is 917 g/mol. The number of thiazole rings is 4. The Bertz CT molecular complexity index is 3130. The van der Waals surface area contributed by atoms with E-state index in [-0.39, 0.29) is 0 Å². The predicted molar refractivity (Wildman–Crippen MR) is 291 cm³/mol. The van der Waals surface area contributed by atoms with Gasteiger partial charge in [-0.3, -0.25) is 0 Å². The van der Waals surface area contributed by atoms with Crippen LogP contribution in [0.2, 0.25) is 0 Å². The Morgan fingerprint density at radius 3 is 0.623 bits per heavy atom. The normalized spacial score (nSPS) is 11.5. The number of hydrogen-bond donors (Lipinski definition) is 0. The highest BCUT2D eigenvalue weighted by atomic mass is 32.1. The van der Waals surface area contributed by atoms with Gasteiger partial charge in [0.2, 0.25) is 0 Å². The van der Waals surface area contributed by atoms with Crippen molar-refractivity contribution >= 4 is 45.3 Å². The van der Waals surface area contributed by atoms with Gasteiger partial charge in [-0.25, -0.2) is 19.9 Å². The molecule has 0 spiro atoms. The molecule has 0 N–H and O–H groups in total. The van der Waals surface area contributed by atoms with E-state index in [4.69, 9.17) is 19.9 Å². The predicted octanol–water partition coefficient (Wildman–Crippen LogP) is 17.2. The van der Waals surface area contributed by atoms with Gasteiger partial charge in [0.25, 0.3) is 0 Å². The van der Waals surface area contributed by atoms with Crippen LogP contribution in [0, 0.1) is 0 Å². The van der Waals surface area contributed by atoms with Crippen LogP contribution in [-0.4, -0.2) is 19.9 Å². The molecule has 4 heterocycles. The molecule has 0 radical (unpaired) electrons. The third-order valence-electron chi connectivity index (χ3n) is 12.6. The highest BCUT2D eigenvalue weighted by Crippen LogP contribution is 2.47. The molecule has 0 aliphatic carbocycles. The minimum absolute atomic E-state index is 0.739. The average molecular weight is 957 g/mol. The van der Waals surface area contributed by atoms with Crippen molar-refractivity contribution < 1.29 is 0 Å². The molecule has 4 aromatic heterocycles. The fourth-order valence-corrected chi connectivity index (χ4v) is 12.4. The first kappa shape index (κ1) is 42.6. The number of nitrogens with zero attached hydrogens (tertiary/aromatic N) is 4. The molecule has 12 rings (SSSR count). The lowest BCUT2D eigenvalue weighted by Crippen LogP contribution is -2.31. The number of benzene rings is 8. The van der Waals surface area contributed by atoms with Crippen molar-refractivity contribution in [1.82, 2.24) is 19.9 Å². The molecule has 0 bridgehead atoms. The van der Waals surface area contributed by atoms with Crippen LogP contribution in [0.5, 0.6) is 0 Å². The molecular formula is C61H40N4S4. The highest BCUT2D eigenvalue weighted by Gasteiger charge is 2.39. The third kappa shape index (κ3) is 8.38. The third-order valence-corrected chi connectivity index (χ3v) is 16.1. The number of rotatable bonds is 12. The fourth-order valence-electron chi connectivity index (χ4n) is 9.04. The largest absolute Gasteiger partial charge is 0.236 e. The summed E-state index contributed by atoms with van der Waals surface area (Å²) in [6, 6.07) is 77.7. The molecule has 69 heavy (non-hydrogen) atoms. The molecule has 0 fully saturated rings. The molecule has 0 aliphatic heterocycles. The molecule has 328 valence electrons. The zero-order valence-corrected chi connectivity index (χ0v) is 40.3. The van der Waals surface area contributed by atoms with Gasteiger partial charge in [0.05, 0.1) is 28.2 Å². The first-order chi connectivity index (χ1) is 34.2. The van der Waals surface area contributed by atoms with Crippen LogP contribution in [0.4, 0.5) is 0 Å². The second kappa shape index (κ2) is 18.8. The van der Waals surface area contributed by atoms with E-state index in [0.29, 0.717) is 0 Å². The summed E-state index contributed by atoms with van der Waals surface area (Å²) in [6.45, 7) is 0. The summed E-state index contributed by atoms with van der Waals surface area (Å²) in [4.78, 5) is 20.4. The maximum atomic E-state index is 5.10. The lowest BCUT2D eigenvalue weighted by atomic mass is 9.64. The van der Waals surface area contributed by atoms with Crippen molar-refractivity contribution in [3.8, 4) is 87.3 Å². The van der Waals surface area contributed by atoms with Crippen LogP contribution in [0.3, 0.4) is 0 Å². The molecule has 0 amide bonds. The molecule has 12 aromatic rings. The van der Waals surface area contributed by atoms with Crippen LogP contribution < -0.4 is 0 Å². The Balaban J connectivity index is 0.997. The minimum atomic E-state index is -0.739. The van der Waals surface area contributed by atoms with E-state index in [0.717, 1.165) is 110 Å². The van der Waals surface area contributed by atoms with Crippen molar-refractivity contribution in [2.45, 2.75) is 5.41 Å². The molecule has 0 atom stereocenters. The molecule has 0 aliphatic rings. The van der Waals surface area contributed by atoms with Crippen molar-refractivity contribution in [1.29, 1.82) is 0 Å². The van der Waals surface area contributed by atoms with Gasteiger partial charge in [-0.1, -0.05) is 218 Å². The van der Waals surface area contributed by atoms with E-state index in [1.807, 2.05) is 24.3 Å². The first-order valence-electron chi connectivity index (χ1n) is 22.6. The molecule has 4 nitrogen and oxygen atoms in total. The van der Waals surface area contributed by atoms with Gasteiger partial charge in [0.15, 0.2) is 0 Å². The van der Waals surface area contributed by atoms with Crippen molar-refractivity contribution in [2.24, 2.45) is 0 Å². The van der Waals surface area contributed by atoms with Crippen LogP contribution in [0.25, 0.3) is 87.3 Å². The second-order valence-electron chi connectivity index (χ2n) is 16.7. The first-order valence-corrected chi connectivity index (χ1v) is 26.1. The zero-order valence-electron chi connectivity index (χ0n) is 37.0. The Hall–Kier alpha value is -7.72. The Morgan fingerprint density at radius 1 is 0.217 bits per heavy atom. The minimum Gasteiger partial charge on any atom is -0.236 e. The average Bonchev–Trinajstić information content (AvgIpc) is 4.30. The Morgan fingerprint density at radius 2 is 0.420 bits per heavy atom. The van der Waals surface area contributed by atoms with Gasteiger partial charge in [-0.05, 0) is 22.3 Å². The summed E-state index contributed by atoms with van der Waals surface area (Å²) in [5, 5.41) is 12.7. The summed E-state index contributed by atoms with van der Waals surface area (Å²) in [6.07, 6.45) is 0. The summed E-state index contributed by atoms with van der Waals surface area (Å²) in [7, 11) is 0. The molecule has 8 heteroatoms. The highest BCUT2D eigenvalue weighted by molar-refractivity contribution is 7.14. The summed E-state index contributed by atoms with van der Waals surface area (Å²) in [5.41, 5.74) is 16.4. The van der Waals surface area contributed by atoms with Crippen molar-refractivity contribution in [2.75, 3.05) is 0 Å². The van der Waals surface area contributed by atoms with E-state index >= 15 is 0 Å². The van der Waals surface area contributed by atoms with Crippen LogP contribution >= 0.6 is 45.3 Å². The van der Waals surface area contributed by atoms with Crippen LogP contribution in [0.1, 0.15) is 22.3 Å². The van der Waals surface area contributed by atoms with E-state index in [2.05, 4.69) is 216 Å². The topological polar surface area (TPSA) is 51.6 Å². The summed E-state index contributed by atoms with van der Waals surface area (Å²) >= 11 is 6.69. The number of aromatic nitrogens is 4. The summed E-state index contributed by atoms with van der Waals surface area (Å²) < 4.78 is 0. The molecule has 0 unspecified atom stereocenters. The fraction of sp³-hybridized carbons (Fsp3) is 0.0164. The van der Waals surface area contributed by atoms with Gasteiger partial charge in [0.1, 0.15) is 20.0 Å². The SMILES string of the molecule is c1ccc(-c2nc(-c3ccc(C(c4ccc(-c5csc(-c6ccccc6)n5)cc4)(c4ccc(-c5csc(-c6ccccc6)n5)cc4)c4ccc(-c5csc(-c6ccccc6)n5)cc4)cc3)cs2)cc1. The van der Waals surface area contributed by atoms with Gasteiger partial charge in [-0.2, -0.15) is 0 Å². The van der Waals surface area contributed by atoms with E-state index in [1.165, 1.54) is 0 Å². The molecule has 8 aromatic carbocycles. The summed E-state index contributed by atoms with van der Waals surface area (Å²) in [5.74, 6) is 0. The maximum Gasteiger partial charge on any atom is 0.124 e. The zero-order chi connectivity index (χ0) is 46.0. The standard InChI is InChI=1S/C61H40N4S4/c1-5-13-45(14-6-1)57-62-53(37-66-57)41-21-29-49(30-22-41)61(50-31-23-42(24-32-50)54-38-67-58(63-54)46-15-7-2-8-16-46,51-33-25-43(26-34-51)55-39-68-59(64-55)47-17-9-3-10-18-47)52-35-27-44(28-36-52)56-40-69-60(65-56)48-19-11-4-12-20-48/h1-40H. The maximum absolute atomic E-state index is 5.10. The second-order valence-corrected chi connectivity index (χ2v) is 20.1. The van der Waals surface area contributed by atoms with Gasteiger partial charge >= 0.3 is 0 Å². The van der Waals surface area contributed by atoms with Crippen LogP contribution in [0.15, 0.2) is 240 Å². The van der Waals surface area contributed by atoms with Gasteiger partial charge < -0.3 is 0 Å². The Kier molecular flexibility index (Phi) is 11.6. The van der Waals surface area contributed by atoms with E-state index < -0.39 is 5.41 Å². The Labute approximate surface area is 417 Å². The van der Waals surface area contributed by atoms with Gasteiger partial charge in [-0.15, -0.1) is 45.3 Å². The van der Waals surface area contributed by atoms with Crippen LogP contribution in [-0.2, 0) is 5.41 Å². The van der Waals surface area contributed by atoms with Crippen molar-refractivity contribution in [3.05, 3.63) is 262 Å². The lowest BCUT2D eigenvalue weighted by Gasteiger charge is -2.37. The van der Waals surface area contributed by atoms with E-state index in [1.54, 1.807) is 45.3 Å². The lowest BCUT2D eigenvalue weighted by molar-refractivity contribution is 0.745. The number of hydrogen-bond acceptors (Lipinski definition) is 8.